The summed E-state index contributed by atoms with van der Waals surface area (Å²) in [7, 11) is 0. The van der Waals surface area contributed by atoms with E-state index in [9.17, 15) is 9.59 Å². The van der Waals surface area contributed by atoms with Crippen molar-refractivity contribution in [1.82, 2.24) is 0 Å². The molecule has 0 aromatic heterocycles. The maximum atomic E-state index is 12.0. The van der Waals surface area contributed by atoms with Gasteiger partial charge < -0.3 is 15.0 Å². The Balaban J connectivity index is 1.54. The molecule has 1 saturated heterocycles. The molecule has 132 valence electrons. The summed E-state index contributed by atoms with van der Waals surface area (Å²) in [6.07, 6.45) is 1.77. The molecule has 0 radical (unpaired) electrons. The van der Waals surface area contributed by atoms with Gasteiger partial charge >= 0.3 is 0 Å². The minimum Gasteiger partial charge on any atom is -0.484 e. The maximum absolute atomic E-state index is 12.0. The van der Waals surface area contributed by atoms with Crippen LogP contribution in [0.3, 0.4) is 0 Å². The molecule has 0 spiro atoms. The van der Waals surface area contributed by atoms with Crippen molar-refractivity contribution in [3.63, 3.8) is 0 Å². The number of nitrogens with one attached hydrogen (secondary N) is 1. The number of nitrogens with zero attached hydrogens (tertiary/aromatic N) is 2. The third kappa shape index (κ3) is 4.39. The van der Waals surface area contributed by atoms with Crippen LogP contribution in [0.5, 0.6) is 5.75 Å². The van der Waals surface area contributed by atoms with Crippen molar-refractivity contribution < 1.29 is 14.3 Å². The van der Waals surface area contributed by atoms with E-state index >= 15 is 0 Å². The van der Waals surface area contributed by atoms with Crippen molar-refractivity contribution in [1.29, 1.82) is 5.26 Å². The monoisotopic (exact) mass is 349 g/mol. The van der Waals surface area contributed by atoms with E-state index in [4.69, 9.17) is 10.00 Å². The van der Waals surface area contributed by atoms with Crippen LogP contribution in [0.1, 0.15) is 18.4 Å². The van der Waals surface area contributed by atoms with Crippen molar-refractivity contribution in [3.8, 4) is 11.8 Å². The molecule has 0 bridgehead atoms. The molecule has 2 aromatic carbocycles. The number of hydrogen-bond donors (Lipinski definition) is 1. The molecule has 2 aromatic rings. The Morgan fingerprint density at radius 3 is 2.73 bits per heavy atom. The fourth-order valence-corrected chi connectivity index (χ4v) is 2.81. The molecule has 0 atom stereocenters. The highest BCUT2D eigenvalue weighted by Gasteiger charge is 2.21. The predicted octanol–water partition coefficient (Wildman–Crippen LogP) is 2.90. The van der Waals surface area contributed by atoms with Crippen molar-refractivity contribution in [2.45, 2.75) is 19.3 Å². The smallest absolute Gasteiger partial charge is 0.262 e. The van der Waals surface area contributed by atoms with Crippen molar-refractivity contribution in [2.75, 3.05) is 23.4 Å². The predicted molar refractivity (Wildman–Crippen MR) is 97.9 cm³/mol. The molecule has 1 heterocycles. The molecule has 6 nitrogen and oxygen atoms in total. The van der Waals surface area contributed by atoms with Crippen molar-refractivity contribution in [2.24, 2.45) is 0 Å². The second-order valence-electron chi connectivity index (χ2n) is 6.01. The van der Waals surface area contributed by atoms with Gasteiger partial charge in [-0.15, -0.1) is 0 Å². The van der Waals surface area contributed by atoms with Crippen molar-refractivity contribution >= 4 is 23.2 Å². The highest BCUT2D eigenvalue weighted by Crippen LogP contribution is 2.25. The second-order valence-corrected chi connectivity index (χ2v) is 6.01. The van der Waals surface area contributed by atoms with Gasteiger partial charge in [0.1, 0.15) is 5.75 Å². The fraction of sp³-hybridized carbons (Fsp3) is 0.250. The van der Waals surface area contributed by atoms with Crippen molar-refractivity contribution in [3.05, 3.63) is 54.1 Å². The summed E-state index contributed by atoms with van der Waals surface area (Å²) >= 11 is 0. The summed E-state index contributed by atoms with van der Waals surface area (Å²) in [5.74, 6) is 0.377. The number of nitriles is 1. The first-order valence-electron chi connectivity index (χ1n) is 8.45. The first-order chi connectivity index (χ1) is 12.7. The number of hydrogen-bond acceptors (Lipinski definition) is 4. The molecule has 0 unspecified atom stereocenters. The topological polar surface area (TPSA) is 82.4 Å². The normalized spacial score (nSPS) is 13.3. The summed E-state index contributed by atoms with van der Waals surface area (Å²) in [6, 6.07) is 16.4. The van der Waals surface area contributed by atoms with E-state index < -0.39 is 0 Å². The number of ether oxygens (including phenoxy) is 1. The van der Waals surface area contributed by atoms with E-state index in [-0.39, 0.29) is 18.4 Å². The van der Waals surface area contributed by atoms with E-state index in [2.05, 4.69) is 11.4 Å². The quantitative estimate of drug-likeness (QED) is 0.869. The summed E-state index contributed by atoms with van der Waals surface area (Å²) < 4.78 is 5.54. The zero-order valence-corrected chi connectivity index (χ0v) is 14.3. The van der Waals surface area contributed by atoms with E-state index in [1.807, 2.05) is 12.1 Å². The lowest BCUT2D eigenvalue weighted by atomic mass is 10.1. The number of carbonyl (C=O) groups excluding carboxylic acids is 2. The second kappa shape index (κ2) is 8.17. The van der Waals surface area contributed by atoms with E-state index in [1.165, 1.54) is 0 Å². The Morgan fingerprint density at radius 2 is 2.04 bits per heavy atom. The van der Waals surface area contributed by atoms with Crippen LogP contribution in [0.15, 0.2) is 48.5 Å². The number of benzene rings is 2. The molecule has 0 aliphatic carbocycles. The van der Waals surface area contributed by atoms with Crippen LogP contribution in [-0.2, 0) is 16.0 Å². The van der Waals surface area contributed by atoms with Crippen LogP contribution in [0.25, 0.3) is 0 Å². The first-order valence-corrected chi connectivity index (χ1v) is 8.45. The van der Waals surface area contributed by atoms with Gasteiger partial charge in [0, 0.05) is 30.4 Å². The lowest BCUT2D eigenvalue weighted by Crippen LogP contribution is -2.24. The van der Waals surface area contributed by atoms with Gasteiger partial charge in [0.15, 0.2) is 6.61 Å². The summed E-state index contributed by atoms with van der Waals surface area (Å²) in [5.41, 5.74) is 2.34. The Morgan fingerprint density at radius 1 is 1.23 bits per heavy atom. The average molecular weight is 349 g/mol. The zero-order valence-electron chi connectivity index (χ0n) is 14.3. The minimum atomic E-state index is -0.277. The van der Waals surface area contributed by atoms with Crippen LogP contribution >= 0.6 is 0 Å². The van der Waals surface area contributed by atoms with Gasteiger partial charge in [0.25, 0.3) is 5.91 Å². The standard InChI is InChI=1S/C20H19N3O3/c21-11-10-15-6-8-16(9-7-15)22-19(24)14-26-18-4-1-3-17(13-18)23-12-2-5-20(23)25/h1,3-4,6-9,13H,2,5,10,12,14H2,(H,22,24). The number of anilines is 2. The molecule has 1 aliphatic rings. The third-order valence-electron chi connectivity index (χ3n) is 4.09. The minimum absolute atomic E-state index is 0.111. The number of amides is 2. The Hall–Kier alpha value is -3.33. The summed E-state index contributed by atoms with van der Waals surface area (Å²) in [6.45, 7) is 0.585. The molecule has 26 heavy (non-hydrogen) atoms. The summed E-state index contributed by atoms with van der Waals surface area (Å²) in [4.78, 5) is 25.6. The van der Waals surface area contributed by atoms with E-state index in [0.717, 1.165) is 17.7 Å². The molecule has 1 aliphatic heterocycles. The number of carbonyl (C=O) groups is 2. The van der Waals surface area contributed by atoms with Gasteiger partial charge in [-0.1, -0.05) is 18.2 Å². The van der Waals surface area contributed by atoms with Crippen LogP contribution in [0.4, 0.5) is 11.4 Å². The number of rotatable bonds is 6. The SMILES string of the molecule is N#CCc1ccc(NC(=O)COc2cccc(N3CCCC3=O)c2)cc1. The van der Waals surface area contributed by atoms with Crippen LogP contribution in [0.2, 0.25) is 0 Å². The van der Waals surface area contributed by atoms with Crippen LogP contribution < -0.4 is 15.0 Å². The molecule has 1 N–H and O–H groups in total. The van der Waals surface area contributed by atoms with Gasteiger partial charge in [-0.2, -0.15) is 5.26 Å². The van der Waals surface area contributed by atoms with E-state index in [0.29, 0.717) is 30.8 Å². The lowest BCUT2D eigenvalue weighted by molar-refractivity contribution is -0.118. The first kappa shape index (κ1) is 17.5. The Bertz CT molecular complexity index is 840. The van der Waals surface area contributed by atoms with Gasteiger partial charge in [0.05, 0.1) is 12.5 Å². The van der Waals surface area contributed by atoms with Gasteiger partial charge in [0.2, 0.25) is 5.91 Å². The molecular formula is C20H19N3O3. The molecule has 0 saturated carbocycles. The largest absolute Gasteiger partial charge is 0.484 e. The van der Waals surface area contributed by atoms with Gasteiger partial charge in [-0.05, 0) is 36.2 Å². The average Bonchev–Trinajstić information content (AvgIpc) is 3.08. The van der Waals surface area contributed by atoms with Gasteiger partial charge in [-0.3, -0.25) is 9.59 Å². The van der Waals surface area contributed by atoms with E-state index in [1.54, 1.807) is 41.3 Å². The Labute approximate surface area is 152 Å². The maximum Gasteiger partial charge on any atom is 0.262 e. The molecule has 1 fully saturated rings. The summed E-state index contributed by atoms with van der Waals surface area (Å²) in [5, 5.41) is 11.4. The van der Waals surface area contributed by atoms with Crippen LogP contribution in [0, 0.1) is 11.3 Å². The molecule has 6 heteroatoms. The van der Waals surface area contributed by atoms with Gasteiger partial charge in [-0.25, -0.2) is 0 Å². The highest BCUT2D eigenvalue weighted by atomic mass is 16.5. The lowest BCUT2D eigenvalue weighted by Gasteiger charge is -2.16. The highest BCUT2D eigenvalue weighted by molar-refractivity contribution is 5.95. The fourth-order valence-electron chi connectivity index (χ4n) is 2.81. The molecule has 3 rings (SSSR count). The molecular weight excluding hydrogens is 330 g/mol. The van der Waals surface area contributed by atoms with Crippen LogP contribution in [-0.4, -0.2) is 25.0 Å². The zero-order chi connectivity index (χ0) is 18.4. The Kier molecular flexibility index (Phi) is 5.49. The third-order valence-corrected chi connectivity index (χ3v) is 4.09. The molecule has 2 amide bonds.